The van der Waals surface area contributed by atoms with E-state index in [1.807, 2.05) is 11.8 Å². The van der Waals surface area contributed by atoms with E-state index in [0.717, 1.165) is 29.8 Å². The lowest BCUT2D eigenvalue weighted by atomic mass is 9.78. The van der Waals surface area contributed by atoms with Crippen molar-refractivity contribution in [3.8, 4) is 0 Å². The second-order valence-corrected chi connectivity index (χ2v) is 7.95. The van der Waals surface area contributed by atoms with Gasteiger partial charge in [0, 0.05) is 11.3 Å². The maximum atomic E-state index is 5.51. The molecule has 1 saturated heterocycles. The zero-order chi connectivity index (χ0) is 14.7. The summed E-state index contributed by atoms with van der Waals surface area (Å²) in [5.74, 6) is 3.39. The van der Waals surface area contributed by atoms with Gasteiger partial charge in [-0.3, -0.25) is 0 Å². The molecule has 4 atom stereocenters. The highest BCUT2D eigenvalue weighted by atomic mass is 32.2. The van der Waals surface area contributed by atoms with Crippen LogP contribution in [0.1, 0.15) is 76.6 Å². The highest BCUT2D eigenvalue weighted by Gasteiger charge is 2.34. The van der Waals surface area contributed by atoms with Crippen molar-refractivity contribution in [1.82, 2.24) is 15.5 Å². The van der Waals surface area contributed by atoms with Crippen molar-refractivity contribution in [2.24, 2.45) is 5.92 Å². The third-order valence-electron chi connectivity index (χ3n) is 5.00. The van der Waals surface area contributed by atoms with Crippen molar-refractivity contribution < 1.29 is 4.52 Å². The summed E-state index contributed by atoms with van der Waals surface area (Å²) >= 11 is 1.90. The van der Waals surface area contributed by atoms with E-state index in [2.05, 4.69) is 29.3 Å². The van der Waals surface area contributed by atoms with Crippen LogP contribution in [0.5, 0.6) is 0 Å². The van der Waals surface area contributed by atoms with Gasteiger partial charge in [0.2, 0.25) is 5.89 Å². The van der Waals surface area contributed by atoms with Gasteiger partial charge in [-0.25, -0.2) is 0 Å². The van der Waals surface area contributed by atoms with Gasteiger partial charge in [0.05, 0.1) is 11.8 Å². The van der Waals surface area contributed by atoms with Crippen LogP contribution in [0.3, 0.4) is 0 Å². The number of fused-ring (bicyclic) bond motifs is 1. The first-order chi connectivity index (χ1) is 10.3. The predicted molar refractivity (Wildman–Crippen MR) is 86.2 cm³/mol. The lowest BCUT2D eigenvalue weighted by molar-refractivity contribution is 0.158. The molecule has 1 aromatic rings. The molecule has 0 radical (unpaired) electrons. The molecule has 5 heteroatoms. The molecule has 1 N–H and O–H groups in total. The van der Waals surface area contributed by atoms with Crippen LogP contribution in [-0.4, -0.2) is 21.4 Å². The molecule has 0 amide bonds. The average Bonchev–Trinajstić information content (AvgIpc) is 3.01. The summed E-state index contributed by atoms with van der Waals surface area (Å²) in [5.41, 5.74) is 0. The number of thioether (sulfide) groups is 1. The summed E-state index contributed by atoms with van der Waals surface area (Å²) in [5, 5.41) is 8.57. The van der Waals surface area contributed by atoms with Crippen LogP contribution in [0.2, 0.25) is 0 Å². The molecule has 0 bridgehead atoms. The van der Waals surface area contributed by atoms with Crippen LogP contribution < -0.4 is 5.32 Å². The molecule has 1 aromatic heterocycles. The summed E-state index contributed by atoms with van der Waals surface area (Å²) in [7, 11) is 0. The molecule has 2 aliphatic rings. The van der Waals surface area contributed by atoms with Gasteiger partial charge in [0.25, 0.3) is 0 Å². The molecule has 21 heavy (non-hydrogen) atoms. The highest BCUT2D eigenvalue weighted by molar-refractivity contribution is 7.99. The molecule has 1 aliphatic carbocycles. The summed E-state index contributed by atoms with van der Waals surface area (Å²) in [6.45, 7) is 4.46. The molecular weight excluding hydrogens is 282 g/mol. The molecular formula is C16H27N3OS. The van der Waals surface area contributed by atoms with Gasteiger partial charge in [0.15, 0.2) is 5.82 Å². The fraction of sp³-hybridized carbons (Fsp3) is 0.875. The molecule has 0 aromatic carbocycles. The minimum Gasteiger partial charge on any atom is -0.338 e. The molecule has 118 valence electrons. The van der Waals surface area contributed by atoms with Crippen molar-refractivity contribution >= 4 is 11.8 Å². The standard InChI is InChI=1S/C16H27N3OS/c1-3-11(2)21-10-15-18-16(20-19-15)14-9-8-12-6-4-5-7-13(12)17-14/h11-14,17H,3-10H2,1-2H3. The Hall–Kier alpha value is -0.550. The van der Waals surface area contributed by atoms with Gasteiger partial charge in [-0.2, -0.15) is 16.7 Å². The smallest absolute Gasteiger partial charge is 0.243 e. The van der Waals surface area contributed by atoms with Crippen LogP contribution in [0.25, 0.3) is 0 Å². The summed E-state index contributed by atoms with van der Waals surface area (Å²) in [6.07, 6.45) is 9.11. The van der Waals surface area contributed by atoms with E-state index in [0.29, 0.717) is 11.3 Å². The van der Waals surface area contributed by atoms with Crippen LogP contribution in [0, 0.1) is 5.92 Å². The topological polar surface area (TPSA) is 51.0 Å². The lowest BCUT2D eigenvalue weighted by Crippen LogP contribution is -2.44. The molecule has 0 spiro atoms. The lowest BCUT2D eigenvalue weighted by Gasteiger charge is -2.39. The van der Waals surface area contributed by atoms with E-state index in [-0.39, 0.29) is 6.04 Å². The summed E-state index contributed by atoms with van der Waals surface area (Å²) in [4.78, 5) is 4.62. The van der Waals surface area contributed by atoms with Crippen molar-refractivity contribution in [2.45, 2.75) is 81.9 Å². The third-order valence-corrected chi connectivity index (χ3v) is 6.33. The van der Waals surface area contributed by atoms with E-state index >= 15 is 0 Å². The average molecular weight is 309 g/mol. The number of piperidine rings is 1. The summed E-state index contributed by atoms with van der Waals surface area (Å²) in [6, 6.07) is 0.946. The zero-order valence-corrected chi connectivity index (χ0v) is 14.0. The number of hydrogen-bond donors (Lipinski definition) is 1. The molecule has 1 saturated carbocycles. The molecule has 3 rings (SSSR count). The third kappa shape index (κ3) is 3.81. The Kier molecular flexibility index (Phi) is 5.22. The van der Waals surface area contributed by atoms with Gasteiger partial charge in [-0.05, 0) is 38.0 Å². The van der Waals surface area contributed by atoms with E-state index in [4.69, 9.17) is 4.52 Å². The van der Waals surface area contributed by atoms with Crippen LogP contribution in [0.15, 0.2) is 4.52 Å². The minimum absolute atomic E-state index is 0.277. The first-order valence-electron chi connectivity index (χ1n) is 8.46. The van der Waals surface area contributed by atoms with Crippen molar-refractivity contribution in [2.75, 3.05) is 0 Å². The number of rotatable bonds is 5. The normalized spacial score (nSPS) is 30.9. The Morgan fingerprint density at radius 3 is 3.00 bits per heavy atom. The first-order valence-corrected chi connectivity index (χ1v) is 9.51. The van der Waals surface area contributed by atoms with Gasteiger partial charge < -0.3 is 9.84 Å². The first kappa shape index (κ1) is 15.3. The van der Waals surface area contributed by atoms with E-state index < -0.39 is 0 Å². The minimum atomic E-state index is 0.277. The number of aromatic nitrogens is 2. The fourth-order valence-electron chi connectivity index (χ4n) is 3.49. The SMILES string of the molecule is CCC(C)SCc1noc(C2CCC3CCCCC3N2)n1. The van der Waals surface area contributed by atoms with Crippen molar-refractivity contribution in [3.63, 3.8) is 0 Å². The Balaban J connectivity index is 1.56. The Labute approximate surface area is 131 Å². The molecule has 2 heterocycles. The monoisotopic (exact) mass is 309 g/mol. The Morgan fingerprint density at radius 2 is 2.14 bits per heavy atom. The molecule has 1 aliphatic heterocycles. The number of hydrogen-bond acceptors (Lipinski definition) is 5. The van der Waals surface area contributed by atoms with Crippen LogP contribution in [-0.2, 0) is 5.75 Å². The molecule has 4 nitrogen and oxygen atoms in total. The number of nitrogens with zero attached hydrogens (tertiary/aromatic N) is 2. The summed E-state index contributed by atoms with van der Waals surface area (Å²) < 4.78 is 5.51. The molecule has 4 unspecified atom stereocenters. The fourth-order valence-corrected chi connectivity index (χ4v) is 4.28. The second-order valence-electron chi connectivity index (χ2n) is 6.53. The van der Waals surface area contributed by atoms with Crippen LogP contribution >= 0.6 is 11.8 Å². The van der Waals surface area contributed by atoms with Crippen molar-refractivity contribution in [1.29, 1.82) is 0 Å². The molecule has 2 fully saturated rings. The second kappa shape index (κ2) is 7.14. The van der Waals surface area contributed by atoms with Gasteiger partial charge in [-0.1, -0.05) is 31.8 Å². The van der Waals surface area contributed by atoms with E-state index in [1.165, 1.54) is 38.5 Å². The van der Waals surface area contributed by atoms with Crippen LogP contribution in [0.4, 0.5) is 0 Å². The van der Waals surface area contributed by atoms with Gasteiger partial charge >= 0.3 is 0 Å². The highest BCUT2D eigenvalue weighted by Crippen LogP contribution is 2.36. The Bertz CT molecular complexity index is 450. The Morgan fingerprint density at radius 1 is 1.29 bits per heavy atom. The van der Waals surface area contributed by atoms with Gasteiger partial charge in [-0.15, -0.1) is 0 Å². The maximum absolute atomic E-state index is 5.51. The predicted octanol–water partition coefficient (Wildman–Crippen LogP) is 4.08. The maximum Gasteiger partial charge on any atom is 0.243 e. The number of nitrogens with one attached hydrogen (secondary N) is 1. The largest absolute Gasteiger partial charge is 0.338 e. The van der Waals surface area contributed by atoms with E-state index in [9.17, 15) is 0 Å². The zero-order valence-electron chi connectivity index (χ0n) is 13.2. The van der Waals surface area contributed by atoms with Gasteiger partial charge in [0.1, 0.15) is 0 Å². The quantitative estimate of drug-likeness (QED) is 0.888. The van der Waals surface area contributed by atoms with E-state index in [1.54, 1.807) is 0 Å². The van der Waals surface area contributed by atoms with Crippen molar-refractivity contribution in [3.05, 3.63) is 11.7 Å².